The molecule has 13 heteroatoms. The molecular formula is C29H34ClN7O4S. The van der Waals surface area contributed by atoms with Gasteiger partial charge in [0.15, 0.2) is 5.65 Å². The Morgan fingerprint density at radius 2 is 1.98 bits per heavy atom. The quantitative estimate of drug-likeness (QED) is 0.324. The van der Waals surface area contributed by atoms with Crippen LogP contribution in [-0.4, -0.2) is 94.2 Å². The molecule has 2 N–H and O–H groups in total. The molecule has 1 atom stereocenters. The standard InChI is InChI=1S/C29H34ClN7O4S/c1-4-42(39,40)36-9-8-21(17-36)32-25-24(30)16-31-28-26(25)33-27(34-28)23-14-18(2)37(19(23)3)22-7-5-6-20(15-22)29(38)35-10-12-41-13-11-35/h5-7,14-16,21H,4,8-13,17H2,1-3H3,(H2,31,32,33,34)/t21-/m0/s1. The van der Waals surface area contributed by atoms with Crippen LogP contribution >= 0.6 is 11.6 Å². The summed E-state index contributed by atoms with van der Waals surface area (Å²) in [6.07, 6.45) is 2.24. The van der Waals surface area contributed by atoms with Crippen LogP contribution in [-0.2, 0) is 14.8 Å². The Bertz CT molecular complexity index is 1760. The molecule has 0 aliphatic carbocycles. The smallest absolute Gasteiger partial charge is 0.254 e. The maximum atomic E-state index is 13.1. The number of sulfonamides is 1. The molecule has 1 aromatic carbocycles. The second kappa shape index (κ2) is 11.3. The summed E-state index contributed by atoms with van der Waals surface area (Å²) in [4.78, 5) is 27.6. The average Bonchev–Trinajstić information content (AvgIpc) is 3.72. The highest BCUT2D eigenvalue weighted by Gasteiger charge is 2.31. The molecule has 0 unspecified atom stereocenters. The number of aromatic nitrogens is 4. The number of carbonyl (C=O) groups excluding carboxylic acids is 1. The number of amides is 1. The number of carbonyl (C=O) groups is 1. The van der Waals surface area contributed by atoms with Crippen LogP contribution < -0.4 is 5.32 Å². The van der Waals surface area contributed by atoms with Crippen molar-refractivity contribution in [3.63, 3.8) is 0 Å². The summed E-state index contributed by atoms with van der Waals surface area (Å²) in [7, 11) is -3.25. The van der Waals surface area contributed by atoms with E-state index in [1.165, 1.54) is 4.31 Å². The van der Waals surface area contributed by atoms with Gasteiger partial charge in [-0.1, -0.05) is 17.7 Å². The molecule has 6 rings (SSSR count). The van der Waals surface area contributed by atoms with Crippen molar-refractivity contribution in [2.24, 2.45) is 0 Å². The predicted octanol–water partition coefficient (Wildman–Crippen LogP) is 3.99. The first kappa shape index (κ1) is 28.7. The predicted molar refractivity (Wildman–Crippen MR) is 163 cm³/mol. The molecule has 222 valence electrons. The number of pyridine rings is 1. The number of morpholine rings is 1. The van der Waals surface area contributed by atoms with Crippen LogP contribution in [0.2, 0.25) is 5.02 Å². The highest BCUT2D eigenvalue weighted by atomic mass is 35.5. The molecule has 5 heterocycles. The van der Waals surface area contributed by atoms with Gasteiger partial charge in [0.1, 0.15) is 11.3 Å². The fourth-order valence-electron chi connectivity index (χ4n) is 5.81. The number of aromatic amines is 1. The molecule has 2 aliphatic rings. The Morgan fingerprint density at radius 3 is 2.74 bits per heavy atom. The minimum absolute atomic E-state index is 0.000722. The Labute approximate surface area is 249 Å². The molecule has 0 spiro atoms. The lowest BCUT2D eigenvalue weighted by atomic mass is 10.1. The fourth-order valence-corrected chi connectivity index (χ4v) is 7.17. The minimum Gasteiger partial charge on any atom is -0.378 e. The molecule has 2 aliphatic heterocycles. The van der Waals surface area contributed by atoms with Crippen molar-refractivity contribution in [1.82, 2.24) is 28.7 Å². The lowest BCUT2D eigenvalue weighted by Crippen LogP contribution is -2.40. The molecule has 0 radical (unpaired) electrons. The number of anilines is 1. The number of rotatable bonds is 7. The summed E-state index contributed by atoms with van der Waals surface area (Å²) < 4.78 is 33.7. The van der Waals surface area contributed by atoms with Crippen molar-refractivity contribution in [3.8, 4) is 17.1 Å². The zero-order valence-electron chi connectivity index (χ0n) is 23.9. The summed E-state index contributed by atoms with van der Waals surface area (Å²) in [5, 5.41) is 3.88. The maximum Gasteiger partial charge on any atom is 0.254 e. The van der Waals surface area contributed by atoms with Crippen LogP contribution in [0.4, 0.5) is 5.69 Å². The lowest BCUT2D eigenvalue weighted by molar-refractivity contribution is 0.0303. The van der Waals surface area contributed by atoms with Gasteiger partial charge in [-0.2, -0.15) is 4.31 Å². The van der Waals surface area contributed by atoms with Crippen LogP contribution in [0, 0.1) is 13.8 Å². The van der Waals surface area contributed by atoms with E-state index >= 15 is 0 Å². The zero-order valence-corrected chi connectivity index (χ0v) is 25.4. The van der Waals surface area contributed by atoms with Crippen LogP contribution in [0.3, 0.4) is 0 Å². The molecule has 11 nitrogen and oxygen atoms in total. The Morgan fingerprint density at radius 1 is 1.19 bits per heavy atom. The van der Waals surface area contributed by atoms with Crippen molar-refractivity contribution >= 4 is 44.4 Å². The van der Waals surface area contributed by atoms with Crippen molar-refractivity contribution in [2.75, 3.05) is 50.5 Å². The van der Waals surface area contributed by atoms with Gasteiger partial charge in [-0.15, -0.1) is 0 Å². The van der Waals surface area contributed by atoms with Crippen LogP contribution in [0.5, 0.6) is 0 Å². The molecule has 42 heavy (non-hydrogen) atoms. The number of aryl methyl sites for hydroxylation is 1. The van der Waals surface area contributed by atoms with E-state index in [1.807, 2.05) is 43.0 Å². The number of fused-ring (bicyclic) bond motifs is 1. The summed E-state index contributed by atoms with van der Waals surface area (Å²) in [5.74, 6) is 0.724. The molecule has 0 saturated carbocycles. The number of imidazole rings is 1. The molecule has 4 aromatic rings. The number of hydrogen-bond acceptors (Lipinski definition) is 7. The summed E-state index contributed by atoms with van der Waals surface area (Å²) >= 11 is 6.58. The third kappa shape index (κ3) is 5.28. The van der Waals surface area contributed by atoms with Gasteiger partial charge in [-0.05, 0) is 51.5 Å². The summed E-state index contributed by atoms with van der Waals surface area (Å²) in [6.45, 7) is 8.84. The van der Waals surface area contributed by atoms with Crippen LogP contribution in [0.15, 0.2) is 36.5 Å². The van der Waals surface area contributed by atoms with Crippen molar-refractivity contribution < 1.29 is 17.9 Å². The van der Waals surface area contributed by atoms with E-state index in [1.54, 1.807) is 13.1 Å². The highest BCUT2D eigenvalue weighted by Crippen LogP contribution is 2.34. The van der Waals surface area contributed by atoms with E-state index in [9.17, 15) is 13.2 Å². The Kier molecular flexibility index (Phi) is 7.73. The van der Waals surface area contributed by atoms with E-state index in [0.717, 1.165) is 22.6 Å². The van der Waals surface area contributed by atoms with Gasteiger partial charge in [-0.3, -0.25) is 4.79 Å². The maximum absolute atomic E-state index is 13.1. The number of H-pyrrole nitrogens is 1. The molecule has 0 bridgehead atoms. The highest BCUT2D eigenvalue weighted by molar-refractivity contribution is 7.89. The third-order valence-corrected chi connectivity index (χ3v) is 10.2. The van der Waals surface area contributed by atoms with E-state index in [-0.39, 0.29) is 17.7 Å². The van der Waals surface area contributed by atoms with Crippen LogP contribution in [0.25, 0.3) is 28.2 Å². The number of benzene rings is 1. The van der Waals surface area contributed by atoms with Gasteiger partial charge in [0.05, 0.1) is 35.9 Å². The second-order valence-electron chi connectivity index (χ2n) is 10.7. The number of halogens is 1. The number of ether oxygens (including phenoxy) is 1. The third-order valence-electron chi connectivity index (χ3n) is 8.07. The van der Waals surface area contributed by atoms with E-state index < -0.39 is 10.0 Å². The van der Waals surface area contributed by atoms with Crippen molar-refractivity contribution in [2.45, 2.75) is 33.2 Å². The number of nitrogens with zero attached hydrogens (tertiary/aromatic N) is 5. The second-order valence-corrected chi connectivity index (χ2v) is 13.4. The Balaban J connectivity index is 1.30. The normalized spacial score (nSPS) is 18.2. The SMILES string of the molecule is CCS(=O)(=O)N1CC[C@H](Nc2c(Cl)cnc3nc(-c4cc(C)n(-c5cccc(C(=O)N6CCOCC6)c5)c4C)[nH]c23)C1. The van der Waals surface area contributed by atoms with Crippen molar-refractivity contribution in [3.05, 3.63) is 58.5 Å². The first-order valence-electron chi connectivity index (χ1n) is 14.1. The van der Waals surface area contributed by atoms with Gasteiger partial charge < -0.3 is 24.5 Å². The fraction of sp³-hybridized carbons (Fsp3) is 0.414. The molecule has 2 fully saturated rings. The van der Waals surface area contributed by atoms with Crippen LogP contribution in [0.1, 0.15) is 35.1 Å². The van der Waals surface area contributed by atoms with Gasteiger partial charge in [0.2, 0.25) is 10.0 Å². The largest absolute Gasteiger partial charge is 0.378 e. The minimum atomic E-state index is -3.25. The van der Waals surface area contributed by atoms with E-state index in [4.69, 9.17) is 21.3 Å². The van der Waals surface area contributed by atoms with Gasteiger partial charge in [0.25, 0.3) is 5.91 Å². The average molecular weight is 612 g/mol. The first-order valence-corrected chi connectivity index (χ1v) is 16.1. The van der Waals surface area contributed by atoms with Gasteiger partial charge in [0, 0.05) is 60.4 Å². The zero-order chi connectivity index (χ0) is 29.6. The van der Waals surface area contributed by atoms with Gasteiger partial charge >= 0.3 is 0 Å². The lowest BCUT2D eigenvalue weighted by Gasteiger charge is -2.27. The molecule has 2 saturated heterocycles. The van der Waals surface area contributed by atoms with E-state index in [0.29, 0.717) is 79.1 Å². The summed E-state index contributed by atoms with van der Waals surface area (Å²) in [5.41, 5.74) is 6.21. The molecule has 3 aromatic heterocycles. The molecular weight excluding hydrogens is 578 g/mol. The summed E-state index contributed by atoms with van der Waals surface area (Å²) in [6, 6.07) is 9.64. The monoisotopic (exact) mass is 611 g/mol. The van der Waals surface area contributed by atoms with Gasteiger partial charge in [-0.25, -0.2) is 18.4 Å². The number of hydrogen-bond donors (Lipinski definition) is 2. The topological polar surface area (TPSA) is 125 Å². The Hall–Kier alpha value is -3.45. The van der Waals surface area contributed by atoms with E-state index in [2.05, 4.69) is 25.9 Å². The first-order chi connectivity index (χ1) is 20.2. The molecule has 1 amide bonds. The van der Waals surface area contributed by atoms with Crippen molar-refractivity contribution in [1.29, 1.82) is 0 Å². The number of nitrogens with one attached hydrogen (secondary N) is 2.